The van der Waals surface area contributed by atoms with Crippen LogP contribution in [0.25, 0.3) is 0 Å². The van der Waals surface area contributed by atoms with E-state index in [1.807, 2.05) is 30.3 Å². The fourth-order valence-electron chi connectivity index (χ4n) is 1.17. The molecule has 13 heavy (non-hydrogen) atoms. The highest BCUT2D eigenvalue weighted by Crippen LogP contribution is 2.09. The van der Waals surface area contributed by atoms with Crippen LogP contribution in [-0.4, -0.2) is 5.71 Å². The van der Waals surface area contributed by atoms with Gasteiger partial charge in [0.05, 0.1) is 6.26 Å². The summed E-state index contributed by atoms with van der Waals surface area (Å²) in [6.07, 6.45) is 1.58. The van der Waals surface area contributed by atoms with Crippen molar-refractivity contribution in [2.75, 3.05) is 0 Å². The first-order valence-corrected chi connectivity index (χ1v) is 4.06. The minimum atomic E-state index is 0.422. The lowest BCUT2D eigenvalue weighted by Crippen LogP contribution is -1.98. The molecule has 1 aromatic carbocycles. The lowest BCUT2D eigenvalue weighted by Gasteiger charge is -1.98. The molecular weight excluding hydrogens is 162 g/mol. The molecule has 0 spiro atoms. The van der Waals surface area contributed by atoms with Gasteiger partial charge in [0.15, 0.2) is 5.76 Å². The van der Waals surface area contributed by atoms with Crippen molar-refractivity contribution in [1.29, 1.82) is 5.41 Å². The molecule has 0 aliphatic heterocycles. The Labute approximate surface area is 76.3 Å². The first-order valence-electron chi connectivity index (χ1n) is 4.06. The summed E-state index contributed by atoms with van der Waals surface area (Å²) in [6, 6.07) is 13.1. The normalized spacial score (nSPS) is 9.85. The topological polar surface area (TPSA) is 37.0 Å². The minimum Gasteiger partial charge on any atom is -0.463 e. The van der Waals surface area contributed by atoms with Crippen molar-refractivity contribution in [3.8, 4) is 0 Å². The lowest BCUT2D eigenvalue weighted by molar-refractivity contribution is 0.557. The molecule has 2 heteroatoms. The Morgan fingerprint density at radius 2 is 1.77 bits per heavy atom. The van der Waals surface area contributed by atoms with E-state index < -0.39 is 0 Å². The van der Waals surface area contributed by atoms with E-state index in [0.29, 0.717) is 11.5 Å². The molecule has 0 amide bonds. The fourth-order valence-corrected chi connectivity index (χ4v) is 1.17. The first kappa shape index (κ1) is 7.80. The van der Waals surface area contributed by atoms with Gasteiger partial charge in [-0.25, -0.2) is 0 Å². The average molecular weight is 171 g/mol. The molecule has 0 atom stereocenters. The molecule has 2 aromatic rings. The van der Waals surface area contributed by atoms with Gasteiger partial charge >= 0.3 is 0 Å². The van der Waals surface area contributed by atoms with E-state index in [0.717, 1.165) is 5.56 Å². The Balaban J connectivity index is 2.34. The summed E-state index contributed by atoms with van der Waals surface area (Å²) in [4.78, 5) is 0. The van der Waals surface area contributed by atoms with Gasteiger partial charge in [-0.2, -0.15) is 0 Å². The van der Waals surface area contributed by atoms with Crippen molar-refractivity contribution in [1.82, 2.24) is 0 Å². The summed E-state index contributed by atoms with van der Waals surface area (Å²) in [5.74, 6) is 0.603. The van der Waals surface area contributed by atoms with Gasteiger partial charge in [0.25, 0.3) is 0 Å². The molecule has 0 radical (unpaired) electrons. The third kappa shape index (κ3) is 1.51. The van der Waals surface area contributed by atoms with Crippen molar-refractivity contribution in [2.45, 2.75) is 0 Å². The van der Waals surface area contributed by atoms with E-state index in [-0.39, 0.29) is 0 Å². The molecule has 0 unspecified atom stereocenters. The second-order valence-electron chi connectivity index (χ2n) is 2.72. The molecule has 0 saturated heterocycles. The highest BCUT2D eigenvalue weighted by molar-refractivity contribution is 6.08. The van der Waals surface area contributed by atoms with Crippen LogP contribution in [0.4, 0.5) is 0 Å². The molecule has 0 aliphatic carbocycles. The van der Waals surface area contributed by atoms with Gasteiger partial charge in [-0.3, -0.25) is 5.41 Å². The van der Waals surface area contributed by atoms with Crippen molar-refractivity contribution in [2.24, 2.45) is 0 Å². The van der Waals surface area contributed by atoms with E-state index >= 15 is 0 Å². The summed E-state index contributed by atoms with van der Waals surface area (Å²) in [5, 5.41) is 7.79. The second kappa shape index (κ2) is 3.27. The zero-order valence-corrected chi connectivity index (χ0v) is 7.03. The number of hydrogen-bond acceptors (Lipinski definition) is 2. The van der Waals surface area contributed by atoms with Crippen molar-refractivity contribution >= 4 is 5.71 Å². The minimum absolute atomic E-state index is 0.422. The summed E-state index contributed by atoms with van der Waals surface area (Å²) in [7, 11) is 0. The van der Waals surface area contributed by atoms with Crippen LogP contribution in [0.2, 0.25) is 0 Å². The van der Waals surface area contributed by atoms with E-state index in [2.05, 4.69) is 0 Å². The van der Waals surface area contributed by atoms with Crippen LogP contribution in [0.3, 0.4) is 0 Å². The molecule has 64 valence electrons. The van der Waals surface area contributed by atoms with E-state index in [4.69, 9.17) is 9.83 Å². The Morgan fingerprint density at radius 1 is 1.00 bits per heavy atom. The molecule has 2 rings (SSSR count). The molecule has 0 aliphatic rings. The van der Waals surface area contributed by atoms with Gasteiger partial charge in [0.1, 0.15) is 5.71 Å². The van der Waals surface area contributed by atoms with Crippen LogP contribution in [0.15, 0.2) is 53.1 Å². The smallest absolute Gasteiger partial charge is 0.152 e. The molecule has 2 nitrogen and oxygen atoms in total. The number of nitrogens with one attached hydrogen (secondary N) is 1. The predicted molar refractivity (Wildman–Crippen MR) is 51.1 cm³/mol. The highest BCUT2D eigenvalue weighted by Gasteiger charge is 2.05. The maximum absolute atomic E-state index is 7.79. The van der Waals surface area contributed by atoms with Gasteiger partial charge in [-0.05, 0) is 12.1 Å². The van der Waals surface area contributed by atoms with Gasteiger partial charge in [0.2, 0.25) is 0 Å². The maximum Gasteiger partial charge on any atom is 0.152 e. The monoisotopic (exact) mass is 171 g/mol. The third-order valence-corrected chi connectivity index (χ3v) is 1.83. The fraction of sp³-hybridized carbons (Fsp3) is 0. The molecule has 1 aromatic heterocycles. The van der Waals surface area contributed by atoms with E-state index in [9.17, 15) is 0 Å². The van der Waals surface area contributed by atoms with Crippen LogP contribution in [-0.2, 0) is 0 Å². The summed E-state index contributed by atoms with van der Waals surface area (Å²) in [6.45, 7) is 0. The largest absolute Gasteiger partial charge is 0.463 e. The summed E-state index contributed by atoms with van der Waals surface area (Å²) >= 11 is 0. The van der Waals surface area contributed by atoms with Gasteiger partial charge in [-0.1, -0.05) is 30.3 Å². The van der Waals surface area contributed by atoms with Gasteiger partial charge in [0, 0.05) is 5.56 Å². The third-order valence-electron chi connectivity index (χ3n) is 1.83. The van der Waals surface area contributed by atoms with Crippen molar-refractivity contribution in [3.05, 3.63) is 60.1 Å². The molecule has 0 saturated carbocycles. The van der Waals surface area contributed by atoms with Crippen molar-refractivity contribution in [3.63, 3.8) is 0 Å². The Bertz CT molecular complexity index is 389. The molecule has 1 N–H and O–H groups in total. The molecular formula is C11H9NO. The quantitative estimate of drug-likeness (QED) is 0.693. The van der Waals surface area contributed by atoms with Crippen LogP contribution in [0.1, 0.15) is 11.3 Å². The Kier molecular flexibility index (Phi) is 1.96. The number of hydrogen-bond donors (Lipinski definition) is 1. The Morgan fingerprint density at radius 3 is 2.38 bits per heavy atom. The Hall–Kier alpha value is -1.83. The van der Waals surface area contributed by atoms with Gasteiger partial charge < -0.3 is 4.42 Å². The number of furan rings is 1. The van der Waals surface area contributed by atoms with E-state index in [1.165, 1.54) is 0 Å². The standard InChI is InChI=1S/C11H9NO/c12-11(10-7-4-8-13-10)9-5-2-1-3-6-9/h1-8,12H. The molecule has 1 heterocycles. The van der Waals surface area contributed by atoms with E-state index in [1.54, 1.807) is 18.4 Å². The van der Waals surface area contributed by atoms with Crippen LogP contribution in [0.5, 0.6) is 0 Å². The zero-order chi connectivity index (χ0) is 9.10. The number of benzene rings is 1. The summed E-state index contributed by atoms with van der Waals surface area (Å²) in [5.41, 5.74) is 1.29. The van der Waals surface area contributed by atoms with Gasteiger partial charge in [-0.15, -0.1) is 0 Å². The maximum atomic E-state index is 7.79. The lowest BCUT2D eigenvalue weighted by atomic mass is 10.1. The van der Waals surface area contributed by atoms with Crippen LogP contribution < -0.4 is 0 Å². The van der Waals surface area contributed by atoms with Crippen LogP contribution in [0, 0.1) is 5.41 Å². The molecule has 0 bridgehead atoms. The summed E-state index contributed by atoms with van der Waals surface area (Å²) < 4.78 is 5.13. The highest BCUT2D eigenvalue weighted by atomic mass is 16.3. The SMILES string of the molecule is N=C(c1ccccc1)c1ccco1. The zero-order valence-electron chi connectivity index (χ0n) is 7.03. The molecule has 0 fully saturated rings. The van der Waals surface area contributed by atoms with Crippen LogP contribution >= 0.6 is 0 Å². The predicted octanol–water partition coefficient (Wildman–Crippen LogP) is 2.70. The second-order valence-corrected chi connectivity index (χ2v) is 2.72. The average Bonchev–Trinajstić information content (AvgIpc) is 2.71. The van der Waals surface area contributed by atoms with Crippen molar-refractivity contribution < 1.29 is 4.42 Å². The first-order chi connectivity index (χ1) is 6.38. The number of rotatable bonds is 2.